The molecule has 8 heteroatoms. The van der Waals surface area contributed by atoms with Crippen molar-refractivity contribution in [3.63, 3.8) is 0 Å². The van der Waals surface area contributed by atoms with Gasteiger partial charge in [-0.3, -0.25) is 9.59 Å². The first-order valence-corrected chi connectivity index (χ1v) is 9.28. The molecule has 1 aromatic heterocycles. The summed E-state index contributed by atoms with van der Waals surface area (Å²) in [5.74, 6) is -0.300. The number of anilines is 1. The van der Waals surface area contributed by atoms with Crippen LogP contribution >= 0.6 is 22.9 Å². The van der Waals surface area contributed by atoms with Crippen LogP contribution in [0.1, 0.15) is 36.8 Å². The highest BCUT2D eigenvalue weighted by Crippen LogP contribution is 2.25. The Morgan fingerprint density at radius 1 is 1.36 bits per heavy atom. The van der Waals surface area contributed by atoms with Crippen molar-refractivity contribution >= 4 is 39.9 Å². The Hall–Kier alpha value is -1.99. The van der Waals surface area contributed by atoms with E-state index in [1.807, 2.05) is 26.0 Å². The Labute approximate surface area is 155 Å². The van der Waals surface area contributed by atoms with E-state index < -0.39 is 0 Å². The highest BCUT2D eigenvalue weighted by Gasteiger charge is 2.34. The lowest BCUT2D eigenvalue weighted by molar-refractivity contribution is -0.128. The van der Waals surface area contributed by atoms with Crippen LogP contribution in [0.5, 0.6) is 0 Å². The maximum Gasteiger partial charge on any atom is 0.231 e. The molecular weight excluding hydrogens is 360 g/mol. The first-order chi connectivity index (χ1) is 11.9. The molecule has 1 aliphatic heterocycles. The van der Waals surface area contributed by atoms with E-state index in [2.05, 4.69) is 15.5 Å². The molecule has 3 rings (SSSR count). The van der Waals surface area contributed by atoms with Crippen molar-refractivity contribution in [1.82, 2.24) is 15.1 Å². The van der Waals surface area contributed by atoms with E-state index >= 15 is 0 Å². The molecule has 0 spiro atoms. The molecule has 0 radical (unpaired) electrons. The zero-order valence-corrected chi connectivity index (χ0v) is 15.6. The number of amides is 2. The number of hydrogen-bond donors (Lipinski definition) is 1. The molecule has 1 atom stereocenters. The number of nitrogens with zero attached hydrogens (tertiary/aromatic N) is 3. The number of nitrogens with one attached hydrogen (secondary N) is 1. The molecule has 2 amide bonds. The van der Waals surface area contributed by atoms with Crippen molar-refractivity contribution < 1.29 is 9.59 Å². The minimum absolute atomic E-state index is 0.0183. The van der Waals surface area contributed by atoms with Crippen LogP contribution in [-0.2, 0) is 16.1 Å². The number of likely N-dealkylation sites (tertiary alicyclic amines) is 1. The van der Waals surface area contributed by atoms with Gasteiger partial charge in [0.2, 0.25) is 16.9 Å². The molecule has 2 heterocycles. The lowest BCUT2D eigenvalue weighted by Crippen LogP contribution is -2.28. The lowest BCUT2D eigenvalue weighted by Gasteiger charge is -2.16. The van der Waals surface area contributed by atoms with E-state index in [-0.39, 0.29) is 30.1 Å². The summed E-state index contributed by atoms with van der Waals surface area (Å²) in [5.41, 5.74) is 0.990. The maximum atomic E-state index is 12.4. The highest BCUT2D eigenvalue weighted by atomic mass is 35.5. The monoisotopic (exact) mass is 378 g/mol. The fourth-order valence-corrected chi connectivity index (χ4v) is 3.51. The Morgan fingerprint density at radius 2 is 2.08 bits per heavy atom. The Kier molecular flexibility index (Phi) is 5.34. The molecule has 1 saturated heterocycles. The Morgan fingerprint density at radius 3 is 2.72 bits per heavy atom. The van der Waals surface area contributed by atoms with Crippen LogP contribution in [0.2, 0.25) is 5.02 Å². The average Bonchev–Trinajstić information content (AvgIpc) is 3.17. The van der Waals surface area contributed by atoms with Crippen LogP contribution in [0.4, 0.5) is 5.13 Å². The van der Waals surface area contributed by atoms with Crippen LogP contribution in [-0.4, -0.2) is 33.5 Å². The minimum atomic E-state index is -0.369. The van der Waals surface area contributed by atoms with E-state index in [0.717, 1.165) is 10.6 Å². The van der Waals surface area contributed by atoms with Crippen molar-refractivity contribution in [2.75, 3.05) is 11.9 Å². The summed E-state index contributed by atoms with van der Waals surface area (Å²) in [6, 6.07) is 7.36. The van der Waals surface area contributed by atoms with Crippen molar-refractivity contribution in [1.29, 1.82) is 0 Å². The van der Waals surface area contributed by atoms with Gasteiger partial charge in [-0.25, -0.2) is 0 Å². The summed E-state index contributed by atoms with van der Waals surface area (Å²) in [4.78, 5) is 26.3. The van der Waals surface area contributed by atoms with Gasteiger partial charge < -0.3 is 10.2 Å². The molecule has 1 fully saturated rings. The highest BCUT2D eigenvalue weighted by molar-refractivity contribution is 7.15. The van der Waals surface area contributed by atoms with E-state index in [9.17, 15) is 9.59 Å². The molecule has 0 saturated carbocycles. The second-order valence-corrected chi connectivity index (χ2v) is 7.84. The number of rotatable bonds is 5. The van der Waals surface area contributed by atoms with Crippen LogP contribution in [0.3, 0.4) is 0 Å². The fourth-order valence-electron chi connectivity index (χ4n) is 2.64. The predicted molar refractivity (Wildman–Crippen MR) is 97.6 cm³/mol. The Balaban J connectivity index is 1.59. The van der Waals surface area contributed by atoms with Crippen molar-refractivity contribution in [3.8, 4) is 0 Å². The number of carbonyl (C=O) groups is 2. The van der Waals surface area contributed by atoms with E-state index in [1.54, 1.807) is 17.0 Å². The van der Waals surface area contributed by atoms with Gasteiger partial charge >= 0.3 is 0 Å². The first kappa shape index (κ1) is 17.8. The predicted octanol–water partition coefficient (Wildman–Crippen LogP) is 3.30. The summed E-state index contributed by atoms with van der Waals surface area (Å²) in [5, 5.41) is 12.8. The number of hydrogen-bond acceptors (Lipinski definition) is 5. The van der Waals surface area contributed by atoms with Crippen LogP contribution in [0.25, 0.3) is 0 Å². The van der Waals surface area contributed by atoms with Gasteiger partial charge in [0.15, 0.2) is 0 Å². The van der Waals surface area contributed by atoms with Gasteiger partial charge in [-0.2, -0.15) is 0 Å². The third kappa shape index (κ3) is 4.35. The second-order valence-electron chi connectivity index (χ2n) is 6.39. The molecule has 1 unspecified atom stereocenters. The third-order valence-electron chi connectivity index (χ3n) is 4.04. The van der Waals surface area contributed by atoms with E-state index in [1.165, 1.54) is 11.3 Å². The summed E-state index contributed by atoms with van der Waals surface area (Å²) < 4.78 is 0. The molecule has 25 heavy (non-hydrogen) atoms. The smallest absolute Gasteiger partial charge is 0.231 e. The largest absolute Gasteiger partial charge is 0.338 e. The van der Waals surface area contributed by atoms with E-state index in [4.69, 9.17) is 11.6 Å². The third-order valence-corrected chi connectivity index (χ3v) is 5.43. The second kappa shape index (κ2) is 7.49. The molecule has 1 aromatic carbocycles. The normalized spacial score (nSPS) is 17.4. The molecule has 1 aliphatic rings. The summed E-state index contributed by atoms with van der Waals surface area (Å²) in [7, 11) is 0. The van der Waals surface area contributed by atoms with Crippen LogP contribution < -0.4 is 5.32 Å². The molecule has 132 valence electrons. The van der Waals surface area contributed by atoms with Gasteiger partial charge in [-0.05, 0) is 17.7 Å². The summed E-state index contributed by atoms with van der Waals surface area (Å²) >= 11 is 7.24. The zero-order valence-electron chi connectivity index (χ0n) is 14.0. The van der Waals surface area contributed by atoms with Crippen molar-refractivity contribution in [2.45, 2.75) is 32.7 Å². The minimum Gasteiger partial charge on any atom is -0.338 e. The maximum absolute atomic E-state index is 12.4. The van der Waals surface area contributed by atoms with Gasteiger partial charge in [-0.15, -0.1) is 10.2 Å². The SMILES string of the molecule is CC(C)c1nnc(NC(=O)C2CC(=O)N(Cc3ccc(Cl)cc3)C2)s1. The van der Waals surface area contributed by atoms with Gasteiger partial charge in [0, 0.05) is 30.5 Å². The van der Waals surface area contributed by atoms with Crippen LogP contribution in [0.15, 0.2) is 24.3 Å². The molecular formula is C17H19ClN4O2S. The van der Waals surface area contributed by atoms with Gasteiger partial charge in [0.25, 0.3) is 0 Å². The molecule has 0 bridgehead atoms. The lowest BCUT2D eigenvalue weighted by atomic mass is 10.1. The molecule has 2 aromatic rings. The number of halogens is 1. The number of aromatic nitrogens is 2. The van der Waals surface area contributed by atoms with E-state index in [0.29, 0.717) is 23.2 Å². The Bertz CT molecular complexity index is 775. The topological polar surface area (TPSA) is 75.2 Å². The summed E-state index contributed by atoms with van der Waals surface area (Å²) in [6.45, 7) is 4.94. The van der Waals surface area contributed by atoms with Gasteiger partial charge in [-0.1, -0.05) is 48.9 Å². The quantitative estimate of drug-likeness (QED) is 0.866. The van der Waals surface area contributed by atoms with Gasteiger partial charge in [0.05, 0.1) is 5.92 Å². The molecule has 6 nitrogen and oxygen atoms in total. The fraction of sp³-hybridized carbons (Fsp3) is 0.412. The molecule has 0 aliphatic carbocycles. The summed E-state index contributed by atoms with van der Waals surface area (Å²) in [6.07, 6.45) is 0.218. The van der Waals surface area contributed by atoms with Crippen LogP contribution in [0, 0.1) is 5.92 Å². The average molecular weight is 379 g/mol. The molecule has 1 N–H and O–H groups in total. The first-order valence-electron chi connectivity index (χ1n) is 8.09. The number of benzene rings is 1. The van der Waals surface area contributed by atoms with Crippen molar-refractivity contribution in [2.24, 2.45) is 5.92 Å². The zero-order chi connectivity index (χ0) is 18.0. The number of carbonyl (C=O) groups excluding carboxylic acids is 2. The van der Waals surface area contributed by atoms with Crippen molar-refractivity contribution in [3.05, 3.63) is 39.9 Å². The van der Waals surface area contributed by atoms with Gasteiger partial charge in [0.1, 0.15) is 5.01 Å². The standard InChI is InChI=1S/C17H19ClN4O2S/c1-10(2)16-20-21-17(25-16)19-15(24)12-7-14(23)22(9-12)8-11-3-5-13(18)6-4-11/h3-6,10,12H,7-9H2,1-2H3,(H,19,21,24).